The molecule has 2 aliphatic rings. The standard InChI is InChI=1S/C21H23N3O6S/c1-2-29-15-7-5-14(6-8-15)22-21(26)18-4-3-11-24(18)31(27,28)16-9-10-19-17(12-16)23-20(25)13-30-19/h5-10,12,18H,2-4,11,13H2,1H3,(H,22,26)(H,23,25)/t18-/m1/s1. The first-order valence-electron chi connectivity index (χ1n) is 10.0. The van der Waals surface area contributed by atoms with Crippen molar-refractivity contribution >= 4 is 33.2 Å². The molecule has 2 heterocycles. The van der Waals surface area contributed by atoms with E-state index in [1.807, 2.05) is 6.92 Å². The van der Waals surface area contributed by atoms with Crippen molar-refractivity contribution in [3.05, 3.63) is 42.5 Å². The van der Waals surface area contributed by atoms with Gasteiger partial charge in [-0.2, -0.15) is 4.31 Å². The normalized spacial score (nSPS) is 18.6. The Balaban J connectivity index is 1.52. The van der Waals surface area contributed by atoms with Crippen molar-refractivity contribution < 1.29 is 27.5 Å². The van der Waals surface area contributed by atoms with E-state index in [4.69, 9.17) is 9.47 Å². The number of rotatable bonds is 6. The van der Waals surface area contributed by atoms with Gasteiger partial charge in [-0.05, 0) is 62.2 Å². The SMILES string of the molecule is CCOc1ccc(NC(=O)[C@H]2CCCN2S(=O)(=O)c2ccc3c(c2)NC(=O)CO3)cc1. The molecule has 1 saturated heterocycles. The van der Waals surface area contributed by atoms with Crippen LogP contribution in [0.25, 0.3) is 0 Å². The summed E-state index contributed by atoms with van der Waals surface area (Å²) in [5.41, 5.74) is 0.859. The predicted molar refractivity (Wildman–Crippen MR) is 114 cm³/mol. The van der Waals surface area contributed by atoms with Crippen molar-refractivity contribution in [1.29, 1.82) is 0 Å². The van der Waals surface area contributed by atoms with Crippen molar-refractivity contribution in [2.75, 3.05) is 30.4 Å². The number of carbonyl (C=O) groups excluding carboxylic acids is 2. The molecule has 4 rings (SSSR count). The zero-order chi connectivity index (χ0) is 22.0. The van der Waals surface area contributed by atoms with E-state index in [2.05, 4.69) is 10.6 Å². The Morgan fingerprint density at radius 1 is 1.26 bits per heavy atom. The van der Waals surface area contributed by atoms with Gasteiger partial charge in [0.2, 0.25) is 15.9 Å². The van der Waals surface area contributed by atoms with Crippen LogP contribution in [0, 0.1) is 0 Å². The zero-order valence-corrected chi connectivity index (χ0v) is 17.8. The van der Waals surface area contributed by atoms with E-state index in [9.17, 15) is 18.0 Å². The van der Waals surface area contributed by atoms with E-state index >= 15 is 0 Å². The summed E-state index contributed by atoms with van der Waals surface area (Å²) >= 11 is 0. The highest BCUT2D eigenvalue weighted by molar-refractivity contribution is 7.89. The summed E-state index contributed by atoms with van der Waals surface area (Å²) in [5.74, 6) is 0.356. The van der Waals surface area contributed by atoms with Crippen LogP contribution in [0.5, 0.6) is 11.5 Å². The number of benzene rings is 2. The molecule has 2 aromatic rings. The van der Waals surface area contributed by atoms with E-state index in [0.717, 1.165) is 0 Å². The smallest absolute Gasteiger partial charge is 0.262 e. The van der Waals surface area contributed by atoms with Crippen LogP contribution in [0.15, 0.2) is 47.4 Å². The van der Waals surface area contributed by atoms with Crippen molar-refractivity contribution in [3.63, 3.8) is 0 Å². The lowest BCUT2D eigenvalue weighted by atomic mass is 10.2. The van der Waals surface area contributed by atoms with Gasteiger partial charge in [-0.15, -0.1) is 0 Å². The molecule has 0 radical (unpaired) electrons. The fourth-order valence-corrected chi connectivity index (χ4v) is 5.36. The molecule has 9 nitrogen and oxygen atoms in total. The second kappa shape index (κ2) is 8.56. The second-order valence-corrected chi connectivity index (χ2v) is 9.11. The topological polar surface area (TPSA) is 114 Å². The van der Waals surface area contributed by atoms with E-state index in [1.54, 1.807) is 24.3 Å². The Kier molecular flexibility index (Phi) is 5.84. The lowest BCUT2D eigenvalue weighted by Crippen LogP contribution is -2.43. The number of ether oxygens (including phenoxy) is 2. The van der Waals surface area contributed by atoms with Crippen LogP contribution >= 0.6 is 0 Å². The maximum absolute atomic E-state index is 13.3. The first-order chi connectivity index (χ1) is 14.9. The van der Waals surface area contributed by atoms with Gasteiger partial charge in [0, 0.05) is 12.2 Å². The lowest BCUT2D eigenvalue weighted by Gasteiger charge is -2.24. The molecule has 0 saturated carbocycles. The number of carbonyl (C=O) groups is 2. The minimum Gasteiger partial charge on any atom is -0.494 e. The second-order valence-electron chi connectivity index (χ2n) is 7.22. The van der Waals surface area contributed by atoms with E-state index in [1.165, 1.54) is 22.5 Å². The minimum atomic E-state index is -3.94. The van der Waals surface area contributed by atoms with Crippen LogP contribution in [-0.2, 0) is 19.6 Å². The van der Waals surface area contributed by atoms with Crippen molar-refractivity contribution in [2.45, 2.75) is 30.7 Å². The molecule has 2 amide bonds. The molecule has 1 fully saturated rings. The summed E-state index contributed by atoms with van der Waals surface area (Å²) in [6.45, 7) is 2.55. The third-order valence-corrected chi connectivity index (χ3v) is 7.03. The molecule has 0 aliphatic carbocycles. The largest absolute Gasteiger partial charge is 0.494 e. The highest BCUT2D eigenvalue weighted by Crippen LogP contribution is 2.33. The summed E-state index contributed by atoms with van der Waals surface area (Å²) in [5, 5.41) is 5.39. The molecule has 0 aromatic heterocycles. The molecule has 164 valence electrons. The maximum Gasteiger partial charge on any atom is 0.262 e. The fourth-order valence-electron chi connectivity index (χ4n) is 3.67. The van der Waals surface area contributed by atoms with Gasteiger partial charge in [-0.25, -0.2) is 8.42 Å². The van der Waals surface area contributed by atoms with Gasteiger partial charge in [-0.1, -0.05) is 0 Å². The lowest BCUT2D eigenvalue weighted by molar-refractivity contribution is -0.119. The van der Waals surface area contributed by atoms with Gasteiger partial charge in [0.1, 0.15) is 17.5 Å². The highest BCUT2D eigenvalue weighted by Gasteiger charge is 2.40. The van der Waals surface area contributed by atoms with E-state index in [0.29, 0.717) is 42.3 Å². The van der Waals surface area contributed by atoms with Crippen molar-refractivity contribution in [2.24, 2.45) is 0 Å². The highest BCUT2D eigenvalue weighted by atomic mass is 32.2. The fraction of sp³-hybridized carbons (Fsp3) is 0.333. The summed E-state index contributed by atoms with van der Waals surface area (Å²) in [6.07, 6.45) is 0.998. The third-order valence-electron chi connectivity index (χ3n) is 5.13. The Labute approximate surface area is 180 Å². The summed E-state index contributed by atoms with van der Waals surface area (Å²) in [4.78, 5) is 24.4. The first kappa shape index (κ1) is 21.1. The summed E-state index contributed by atoms with van der Waals surface area (Å²) < 4.78 is 38.4. The Morgan fingerprint density at radius 3 is 2.77 bits per heavy atom. The van der Waals surface area contributed by atoms with E-state index in [-0.39, 0.29) is 29.9 Å². The van der Waals surface area contributed by atoms with Crippen LogP contribution in [0.2, 0.25) is 0 Å². The third kappa shape index (κ3) is 4.35. The quantitative estimate of drug-likeness (QED) is 0.705. The zero-order valence-electron chi connectivity index (χ0n) is 17.0. The molecule has 1 atom stereocenters. The number of hydrogen-bond donors (Lipinski definition) is 2. The van der Waals surface area contributed by atoms with Crippen molar-refractivity contribution in [1.82, 2.24) is 4.31 Å². The van der Waals surface area contributed by atoms with Crippen LogP contribution in [0.4, 0.5) is 11.4 Å². The van der Waals surface area contributed by atoms with Gasteiger partial charge in [0.25, 0.3) is 5.91 Å². The number of nitrogens with one attached hydrogen (secondary N) is 2. The molecule has 0 unspecified atom stereocenters. The van der Waals surface area contributed by atoms with Gasteiger partial charge in [-0.3, -0.25) is 9.59 Å². The summed E-state index contributed by atoms with van der Waals surface area (Å²) in [7, 11) is -3.94. The molecule has 0 spiro atoms. The maximum atomic E-state index is 13.3. The molecular formula is C21H23N3O6S. The van der Waals surface area contributed by atoms with Gasteiger partial charge >= 0.3 is 0 Å². The van der Waals surface area contributed by atoms with Crippen LogP contribution in [-0.4, -0.2) is 50.3 Å². The number of amides is 2. The molecule has 31 heavy (non-hydrogen) atoms. The van der Waals surface area contributed by atoms with Gasteiger partial charge in [0.05, 0.1) is 17.2 Å². The molecule has 0 bridgehead atoms. The molecule has 2 aliphatic heterocycles. The van der Waals surface area contributed by atoms with Crippen LogP contribution in [0.3, 0.4) is 0 Å². The number of anilines is 2. The molecule has 10 heteroatoms. The predicted octanol–water partition coefficient (Wildman–Crippen LogP) is 2.21. The molecule has 2 aromatic carbocycles. The molecular weight excluding hydrogens is 422 g/mol. The monoisotopic (exact) mass is 445 g/mol. The van der Waals surface area contributed by atoms with E-state index < -0.39 is 16.1 Å². The average Bonchev–Trinajstić information content (AvgIpc) is 3.26. The average molecular weight is 445 g/mol. The summed E-state index contributed by atoms with van der Waals surface area (Å²) in [6, 6.07) is 10.4. The number of hydrogen-bond acceptors (Lipinski definition) is 6. The van der Waals surface area contributed by atoms with Gasteiger partial charge < -0.3 is 20.1 Å². The molecule has 2 N–H and O–H groups in total. The van der Waals surface area contributed by atoms with Crippen LogP contribution in [0.1, 0.15) is 19.8 Å². The first-order valence-corrected chi connectivity index (χ1v) is 11.4. The Morgan fingerprint density at radius 2 is 2.03 bits per heavy atom. The number of sulfonamides is 1. The van der Waals surface area contributed by atoms with Gasteiger partial charge in [0.15, 0.2) is 6.61 Å². The Hall–Kier alpha value is -3.11. The minimum absolute atomic E-state index is 0.00202. The van der Waals surface area contributed by atoms with Crippen LogP contribution < -0.4 is 20.1 Å². The number of fused-ring (bicyclic) bond motifs is 1. The Bertz CT molecular complexity index is 1100. The van der Waals surface area contributed by atoms with Crippen molar-refractivity contribution in [3.8, 4) is 11.5 Å². The number of nitrogens with zero attached hydrogens (tertiary/aromatic N) is 1.